The number of ether oxygens (including phenoxy) is 1. The first-order valence-electron chi connectivity index (χ1n) is 5.93. The molecule has 1 N–H and O–H groups in total. The summed E-state index contributed by atoms with van der Waals surface area (Å²) >= 11 is 5.29. The summed E-state index contributed by atoms with van der Waals surface area (Å²) in [6.07, 6.45) is 2.08. The van der Waals surface area contributed by atoms with E-state index in [0.29, 0.717) is 0 Å². The lowest BCUT2D eigenvalue weighted by Gasteiger charge is -2.10. The zero-order valence-corrected chi connectivity index (χ0v) is 13.3. The van der Waals surface area contributed by atoms with Gasteiger partial charge in [0.2, 0.25) is 0 Å². The summed E-state index contributed by atoms with van der Waals surface area (Å²) in [6.45, 7) is 0.792. The van der Waals surface area contributed by atoms with Crippen LogP contribution in [0.25, 0.3) is 0 Å². The molecule has 2 nitrogen and oxygen atoms in total. The van der Waals surface area contributed by atoms with Crippen LogP contribution in [-0.4, -0.2) is 13.4 Å². The molecule has 2 aromatic carbocycles. The fraction of sp³-hybridized carbons (Fsp3) is 0.200. The molecule has 4 heteroatoms. The first-order chi connectivity index (χ1) is 9.22. The molecule has 100 valence electrons. The lowest BCUT2D eigenvalue weighted by Crippen LogP contribution is -2.00. The van der Waals surface area contributed by atoms with Gasteiger partial charge in [0.25, 0.3) is 0 Å². The van der Waals surface area contributed by atoms with Crippen molar-refractivity contribution in [2.24, 2.45) is 0 Å². The molecule has 0 aliphatic rings. The van der Waals surface area contributed by atoms with Gasteiger partial charge in [-0.15, -0.1) is 11.8 Å². The molecule has 0 bridgehead atoms. The Balaban J connectivity index is 2.05. The van der Waals surface area contributed by atoms with Crippen molar-refractivity contribution in [1.82, 2.24) is 0 Å². The summed E-state index contributed by atoms with van der Waals surface area (Å²) in [5, 5.41) is 3.41. The highest BCUT2D eigenvalue weighted by Gasteiger charge is 2.02. The topological polar surface area (TPSA) is 21.3 Å². The largest absolute Gasteiger partial charge is 0.497 e. The second-order valence-electron chi connectivity index (χ2n) is 4.05. The predicted octanol–water partition coefficient (Wildman–Crippen LogP) is 4.79. The van der Waals surface area contributed by atoms with Crippen LogP contribution in [0.1, 0.15) is 5.56 Å². The van der Waals surface area contributed by atoms with Crippen LogP contribution in [0.3, 0.4) is 0 Å². The Morgan fingerprint density at radius 3 is 2.53 bits per heavy atom. The van der Waals surface area contributed by atoms with Crippen molar-refractivity contribution in [2.45, 2.75) is 11.4 Å². The van der Waals surface area contributed by atoms with Gasteiger partial charge in [-0.3, -0.25) is 0 Å². The van der Waals surface area contributed by atoms with Gasteiger partial charge in [0.15, 0.2) is 0 Å². The highest BCUT2D eigenvalue weighted by molar-refractivity contribution is 9.10. The average molecular weight is 338 g/mol. The fourth-order valence-corrected chi connectivity index (χ4v) is 2.50. The van der Waals surface area contributed by atoms with Crippen molar-refractivity contribution in [3.63, 3.8) is 0 Å². The van der Waals surface area contributed by atoms with E-state index in [2.05, 4.69) is 51.8 Å². The van der Waals surface area contributed by atoms with Crippen molar-refractivity contribution < 1.29 is 4.74 Å². The van der Waals surface area contributed by atoms with Crippen LogP contribution in [0.5, 0.6) is 5.75 Å². The van der Waals surface area contributed by atoms with Crippen molar-refractivity contribution in [1.29, 1.82) is 0 Å². The summed E-state index contributed by atoms with van der Waals surface area (Å²) in [7, 11) is 1.67. The summed E-state index contributed by atoms with van der Waals surface area (Å²) < 4.78 is 6.26. The van der Waals surface area contributed by atoms with Gasteiger partial charge in [-0.1, -0.05) is 12.1 Å². The van der Waals surface area contributed by atoms with Crippen molar-refractivity contribution in [3.8, 4) is 5.75 Å². The minimum Gasteiger partial charge on any atom is -0.497 e. The summed E-state index contributed by atoms with van der Waals surface area (Å²) in [6, 6.07) is 14.5. The van der Waals surface area contributed by atoms with Gasteiger partial charge in [0.1, 0.15) is 5.75 Å². The van der Waals surface area contributed by atoms with E-state index in [0.717, 1.165) is 22.5 Å². The predicted molar refractivity (Wildman–Crippen MR) is 86.2 cm³/mol. The standard InChI is InChI=1S/C15H16BrNOS/c1-18-12-5-8-14(16)15(9-12)17-10-11-3-6-13(19-2)7-4-11/h3-9,17H,10H2,1-2H3. The van der Waals surface area contributed by atoms with Crippen molar-refractivity contribution in [3.05, 3.63) is 52.5 Å². The normalized spacial score (nSPS) is 10.3. The minimum atomic E-state index is 0.792. The maximum atomic E-state index is 5.23. The van der Waals surface area contributed by atoms with E-state index < -0.39 is 0 Å². The number of anilines is 1. The van der Waals surface area contributed by atoms with Crippen LogP contribution in [0.2, 0.25) is 0 Å². The molecule has 0 atom stereocenters. The van der Waals surface area contributed by atoms with E-state index in [1.807, 2.05) is 18.2 Å². The monoisotopic (exact) mass is 337 g/mol. The first-order valence-corrected chi connectivity index (χ1v) is 7.95. The maximum absolute atomic E-state index is 5.23. The van der Waals surface area contributed by atoms with E-state index in [-0.39, 0.29) is 0 Å². The molecule has 0 aliphatic heterocycles. The maximum Gasteiger partial charge on any atom is 0.121 e. The van der Waals surface area contributed by atoms with Crippen LogP contribution >= 0.6 is 27.7 Å². The SMILES string of the molecule is COc1ccc(Br)c(NCc2ccc(SC)cc2)c1. The second-order valence-corrected chi connectivity index (χ2v) is 5.78. The van der Waals surface area contributed by atoms with Crippen LogP contribution < -0.4 is 10.1 Å². The summed E-state index contributed by atoms with van der Waals surface area (Å²) in [5.41, 5.74) is 2.29. The quantitative estimate of drug-likeness (QED) is 0.792. The number of halogens is 1. The van der Waals surface area contributed by atoms with E-state index in [9.17, 15) is 0 Å². The lowest BCUT2D eigenvalue weighted by molar-refractivity contribution is 0.415. The fourth-order valence-electron chi connectivity index (χ4n) is 1.71. The molecule has 0 aromatic heterocycles. The second kappa shape index (κ2) is 6.87. The third-order valence-corrected chi connectivity index (χ3v) is 4.25. The van der Waals surface area contributed by atoms with Crippen LogP contribution in [0, 0.1) is 0 Å². The third-order valence-electron chi connectivity index (χ3n) is 2.82. The number of methoxy groups -OCH3 is 1. The molecule has 0 saturated carbocycles. The smallest absolute Gasteiger partial charge is 0.121 e. The Hall–Kier alpha value is -1.13. The highest BCUT2D eigenvalue weighted by atomic mass is 79.9. The molecule has 0 radical (unpaired) electrons. The van der Waals surface area contributed by atoms with Gasteiger partial charge in [0.05, 0.1) is 12.8 Å². The molecule has 0 heterocycles. The Bertz CT molecular complexity index is 542. The molecule has 19 heavy (non-hydrogen) atoms. The minimum absolute atomic E-state index is 0.792. The van der Waals surface area contributed by atoms with Gasteiger partial charge < -0.3 is 10.1 Å². The van der Waals surface area contributed by atoms with E-state index in [1.54, 1.807) is 18.9 Å². The van der Waals surface area contributed by atoms with Crippen molar-refractivity contribution in [2.75, 3.05) is 18.7 Å². The number of hydrogen-bond donors (Lipinski definition) is 1. The zero-order chi connectivity index (χ0) is 13.7. The van der Waals surface area contributed by atoms with Gasteiger partial charge >= 0.3 is 0 Å². The molecule has 0 unspecified atom stereocenters. The Kier molecular flexibility index (Phi) is 5.16. The summed E-state index contributed by atoms with van der Waals surface area (Å²) in [4.78, 5) is 1.28. The van der Waals surface area contributed by atoms with Gasteiger partial charge in [-0.25, -0.2) is 0 Å². The first kappa shape index (κ1) is 14.3. The highest BCUT2D eigenvalue weighted by Crippen LogP contribution is 2.27. The van der Waals surface area contributed by atoms with Gasteiger partial charge in [-0.05, 0) is 52.0 Å². The Labute approximate surface area is 126 Å². The molecular formula is C15H16BrNOS. The number of thioether (sulfide) groups is 1. The Morgan fingerprint density at radius 1 is 1.16 bits per heavy atom. The number of benzene rings is 2. The molecule has 2 rings (SSSR count). The molecular weight excluding hydrogens is 322 g/mol. The van der Waals surface area contributed by atoms with E-state index >= 15 is 0 Å². The molecule has 2 aromatic rings. The van der Waals surface area contributed by atoms with E-state index in [1.165, 1.54) is 10.5 Å². The van der Waals surface area contributed by atoms with Crippen LogP contribution in [-0.2, 0) is 6.54 Å². The van der Waals surface area contributed by atoms with Crippen molar-refractivity contribution >= 4 is 33.4 Å². The Morgan fingerprint density at radius 2 is 1.89 bits per heavy atom. The van der Waals surface area contributed by atoms with Crippen LogP contribution in [0.15, 0.2) is 51.8 Å². The third kappa shape index (κ3) is 3.91. The van der Waals surface area contributed by atoms with Crippen LogP contribution in [0.4, 0.5) is 5.69 Å². The number of rotatable bonds is 5. The molecule has 0 spiro atoms. The average Bonchev–Trinajstić information content (AvgIpc) is 2.47. The molecule has 0 aliphatic carbocycles. The zero-order valence-electron chi connectivity index (χ0n) is 10.9. The summed E-state index contributed by atoms with van der Waals surface area (Å²) in [5.74, 6) is 0.850. The molecule has 0 amide bonds. The van der Waals surface area contributed by atoms with Gasteiger partial charge in [0, 0.05) is 22.0 Å². The lowest BCUT2D eigenvalue weighted by atomic mass is 10.2. The van der Waals surface area contributed by atoms with Gasteiger partial charge in [-0.2, -0.15) is 0 Å². The van der Waals surface area contributed by atoms with E-state index in [4.69, 9.17) is 4.74 Å². The number of hydrogen-bond acceptors (Lipinski definition) is 3. The number of nitrogens with one attached hydrogen (secondary N) is 1. The molecule has 0 saturated heterocycles. The molecule has 0 fully saturated rings.